The Balaban J connectivity index is 2.40. The van der Waals surface area contributed by atoms with Crippen molar-refractivity contribution in [2.24, 2.45) is 5.92 Å². The molecule has 2 rings (SSSR count). The number of carboxylic acid groups (broad SMARTS) is 1. The van der Waals surface area contributed by atoms with Gasteiger partial charge in [-0.3, -0.25) is 4.79 Å². The van der Waals surface area contributed by atoms with E-state index >= 15 is 4.39 Å². The molecule has 1 unspecified atom stereocenters. The van der Waals surface area contributed by atoms with Gasteiger partial charge in [0, 0.05) is 16.1 Å². The average Bonchev–Trinajstić information content (AvgIpc) is 2.76. The van der Waals surface area contributed by atoms with Crippen molar-refractivity contribution in [3.63, 3.8) is 0 Å². The van der Waals surface area contributed by atoms with Crippen LogP contribution in [0.4, 0.5) is 28.0 Å². The van der Waals surface area contributed by atoms with Crippen molar-refractivity contribution in [3.8, 4) is 5.75 Å². The van der Waals surface area contributed by atoms with Crippen molar-refractivity contribution in [2.45, 2.75) is 58.4 Å². The molecule has 2 amide bonds. The van der Waals surface area contributed by atoms with Crippen LogP contribution in [0.5, 0.6) is 5.75 Å². The highest BCUT2D eigenvalue weighted by molar-refractivity contribution is 9.10. The molecule has 0 saturated heterocycles. The third-order valence-corrected chi connectivity index (χ3v) is 5.83. The number of hydrogen-bond donors (Lipinski definition) is 3. The molecular formula is C24H27BrF4N2O4. The first-order chi connectivity index (χ1) is 16.4. The molecular weight excluding hydrogens is 536 g/mol. The van der Waals surface area contributed by atoms with Crippen molar-refractivity contribution in [3.05, 3.63) is 57.8 Å². The summed E-state index contributed by atoms with van der Waals surface area (Å²) in [6, 6.07) is 9.24. The second-order valence-corrected chi connectivity index (χ2v) is 9.28. The topological polar surface area (TPSA) is 87.7 Å². The Labute approximate surface area is 209 Å². The first-order valence-corrected chi connectivity index (χ1v) is 11.7. The summed E-state index contributed by atoms with van der Waals surface area (Å²) in [6.07, 6.45) is -4.82. The second-order valence-electron chi connectivity index (χ2n) is 8.43. The standard InChI is InChI=1S/C24H27BrF4N2O4/c1-14(2)7-6-10-16(30-23(33)34)11-17-18(25)12-19(35-13-15-8-4-3-5-9-15)21(20(17)26)31-22(32)24(27,28)29/h3-5,8-9,12,14,16,30H,6-7,10-11,13H2,1-2H3,(H,31,32)(H,33,34). The van der Waals surface area contributed by atoms with Crippen LogP contribution in [0.3, 0.4) is 0 Å². The lowest BCUT2D eigenvalue weighted by Gasteiger charge is -2.22. The number of rotatable bonds is 11. The largest absolute Gasteiger partial charge is 0.487 e. The van der Waals surface area contributed by atoms with E-state index in [1.807, 2.05) is 13.8 Å². The molecule has 192 valence electrons. The van der Waals surface area contributed by atoms with E-state index in [2.05, 4.69) is 21.2 Å². The van der Waals surface area contributed by atoms with Gasteiger partial charge in [0.1, 0.15) is 18.0 Å². The van der Waals surface area contributed by atoms with E-state index in [0.29, 0.717) is 24.3 Å². The minimum Gasteiger partial charge on any atom is -0.487 e. The van der Waals surface area contributed by atoms with Crippen molar-refractivity contribution in [1.82, 2.24) is 5.32 Å². The van der Waals surface area contributed by atoms with E-state index in [4.69, 9.17) is 4.74 Å². The first-order valence-electron chi connectivity index (χ1n) is 10.9. The monoisotopic (exact) mass is 562 g/mol. The molecule has 0 spiro atoms. The maximum atomic E-state index is 15.5. The maximum absolute atomic E-state index is 15.5. The van der Waals surface area contributed by atoms with Crippen LogP contribution in [-0.2, 0) is 17.8 Å². The van der Waals surface area contributed by atoms with E-state index in [9.17, 15) is 27.9 Å². The number of hydrogen-bond acceptors (Lipinski definition) is 3. The van der Waals surface area contributed by atoms with Gasteiger partial charge in [-0.05, 0) is 30.4 Å². The smallest absolute Gasteiger partial charge is 0.471 e. The summed E-state index contributed by atoms with van der Waals surface area (Å²) >= 11 is 3.22. The van der Waals surface area contributed by atoms with E-state index in [1.54, 1.807) is 35.6 Å². The van der Waals surface area contributed by atoms with Gasteiger partial charge in [0.05, 0.1) is 0 Å². The summed E-state index contributed by atoms with van der Waals surface area (Å²) in [4.78, 5) is 22.9. The zero-order valence-electron chi connectivity index (χ0n) is 19.2. The third-order valence-electron chi connectivity index (χ3n) is 5.12. The molecule has 0 radical (unpaired) electrons. The number of alkyl halides is 3. The number of ether oxygens (including phenoxy) is 1. The lowest BCUT2D eigenvalue weighted by Crippen LogP contribution is -2.36. The van der Waals surface area contributed by atoms with Crippen LogP contribution in [0.25, 0.3) is 0 Å². The highest BCUT2D eigenvalue weighted by Crippen LogP contribution is 2.38. The number of benzene rings is 2. The summed E-state index contributed by atoms with van der Waals surface area (Å²) < 4.78 is 60.1. The van der Waals surface area contributed by atoms with Crippen LogP contribution in [0, 0.1) is 11.7 Å². The molecule has 6 nitrogen and oxygen atoms in total. The van der Waals surface area contributed by atoms with Gasteiger partial charge in [-0.15, -0.1) is 0 Å². The zero-order chi connectivity index (χ0) is 26.2. The fourth-order valence-corrected chi connectivity index (χ4v) is 3.94. The molecule has 2 aromatic rings. The number of amides is 2. The van der Waals surface area contributed by atoms with E-state index < -0.39 is 35.7 Å². The Hall–Kier alpha value is -2.82. The van der Waals surface area contributed by atoms with E-state index in [1.165, 1.54) is 6.07 Å². The predicted octanol–water partition coefficient (Wildman–Crippen LogP) is 6.67. The van der Waals surface area contributed by atoms with Gasteiger partial charge in [0.2, 0.25) is 0 Å². The van der Waals surface area contributed by atoms with Gasteiger partial charge < -0.3 is 20.5 Å². The molecule has 0 fully saturated rings. The molecule has 35 heavy (non-hydrogen) atoms. The summed E-state index contributed by atoms with van der Waals surface area (Å²) in [6.45, 7) is 3.94. The Morgan fingerprint density at radius 1 is 1.14 bits per heavy atom. The fourth-order valence-electron chi connectivity index (χ4n) is 3.39. The van der Waals surface area contributed by atoms with Gasteiger partial charge in [-0.2, -0.15) is 13.2 Å². The molecule has 1 atom stereocenters. The zero-order valence-corrected chi connectivity index (χ0v) is 20.8. The number of halogens is 5. The molecule has 0 aliphatic carbocycles. The molecule has 2 aromatic carbocycles. The summed E-state index contributed by atoms with van der Waals surface area (Å²) in [5.41, 5.74) is -0.173. The molecule has 0 aliphatic heterocycles. The molecule has 0 aliphatic rings. The maximum Gasteiger partial charge on any atom is 0.471 e. The summed E-state index contributed by atoms with van der Waals surface area (Å²) in [5.74, 6) is -3.41. The molecule has 0 bridgehead atoms. The normalized spacial score (nSPS) is 12.3. The highest BCUT2D eigenvalue weighted by Gasteiger charge is 2.40. The number of nitrogens with one attached hydrogen (secondary N) is 2. The van der Waals surface area contributed by atoms with Gasteiger partial charge in [-0.1, -0.05) is 73.0 Å². The molecule has 0 aromatic heterocycles. The first kappa shape index (κ1) is 28.4. The van der Waals surface area contributed by atoms with E-state index in [-0.39, 0.29) is 28.8 Å². The average molecular weight is 563 g/mol. The van der Waals surface area contributed by atoms with Crippen LogP contribution in [0.1, 0.15) is 44.2 Å². The van der Waals surface area contributed by atoms with Crippen LogP contribution in [0.15, 0.2) is 40.9 Å². The molecule has 11 heteroatoms. The Kier molecular flexibility index (Phi) is 10.4. The number of carbonyl (C=O) groups excluding carboxylic acids is 1. The Morgan fingerprint density at radius 2 is 1.80 bits per heavy atom. The lowest BCUT2D eigenvalue weighted by atomic mass is 9.97. The van der Waals surface area contributed by atoms with Crippen LogP contribution < -0.4 is 15.4 Å². The number of carbonyl (C=O) groups is 2. The van der Waals surface area contributed by atoms with Crippen LogP contribution >= 0.6 is 15.9 Å². The highest BCUT2D eigenvalue weighted by atomic mass is 79.9. The van der Waals surface area contributed by atoms with E-state index in [0.717, 1.165) is 6.42 Å². The molecule has 0 saturated carbocycles. The van der Waals surface area contributed by atoms with Gasteiger partial charge in [0.25, 0.3) is 0 Å². The third kappa shape index (κ3) is 9.04. The van der Waals surface area contributed by atoms with Crippen molar-refractivity contribution < 1.29 is 37.0 Å². The van der Waals surface area contributed by atoms with Crippen molar-refractivity contribution >= 4 is 33.6 Å². The van der Waals surface area contributed by atoms with Gasteiger partial charge in [0.15, 0.2) is 5.82 Å². The SMILES string of the molecule is CC(C)CCCC(Cc1c(Br)cc(OCc2ccccc2)c(NC(=O)C(F)(F)F)c1F)NC(=O)O. The Morgan fingerprint density at radius 3 is 2.37 bits per heavy atom. The summed E-state index contributed by atoms with van der Waals surface area (Å²) in [7, 11) is 0. The van der Waals surface area contributed by atoms with Crippen molar-refractivity contribution in [1.29, 1.82) is 0 Å². The minimum atomic E-state index is -5.25. The quantitative estimate of drug-likeness (QED) is 0.267. The lowest BCUT2D eigenvalue weighted by molar-refractivity contribution is -0.167. The Bertz CT molecular complexity index is 1020. The molecule has 0 heterocycles. The fraction of sp³-hybridized carbons (Fsp3) is 0.417. The second kappa shape index (κ2) is 12.8. The van der Waals surface area contributed by atoms with Gasteiger partial charge >= 0.3 is 18.2 Å². The van der Waals surface area contributed by atoms with Crippen molar-refractivity contribution in [2.75, 3.05) is 5.32 Å². The van der Waals surface area contributed by atoms with Gasteiger partial charge in [-0.25, -0.2) is 9.18 Å². The molecule has 3 N–H and O–H groups in total. The number of anilines is 1. The van der Waals surface area contributed by atoms with Crippen LogP contribution in [-0.4, -0.2) is 29.3 Å². The van der Waals surface area contributed by atoms with Crippen LogP contribution in [0.2, 0.25) is 0 Å². The predicted molar refractivity (Wildman–Crippen MR) is 127 cm³/mol. The minimum absolute atomic E-state index is 0.0840. The summed E-state index contributed by atoms with van der Waals surface area (Å²) in [5, 5.41) is 13.1.